The van der Waals surface area contributed by atoms with E-state index in [4.69, 9.17) is 9.84 Å². The number of para-hydroxylation sites is 1. The van der Waals surface area contributed by atoms with Crippen LogP contribution in [0.25, 0.3) is 0 Å². The molecule has 0 saturated carbocycles. The molecule has 1 aromatic carbocycles. The third kappa shape index (κ3) is 2.45. The number of fused-ring (bicyclic) bond motifs is 1. The highest BCUT2D eigenvalue weighted by atomic mass is 16.5. The van der Waals surface area contributed by atoms with Gasteiger partial charge in [-0.1, -0.05) is 25.1 Å². The van der Waals surface area contributed by atoms with Crippen molar-refractivity contribution >= 4 is 11.9 Å². The van der Waals surface area contributed by atoms with Gasteiger partial charge in [0.05, 0.1) is 6.42 Å². The Kier molecular flexibility index (Phi) is 3.50. The van der Waals surface area contributed by atoms with E-state index in [0.717, 1.165) is 11.3 Å². The standard InChI is InChI=1S/C13H15NO4/c1-8-9-4-2-3-5-10(9)18-12(8)13(17)14-7-6-11(15)16/h2-5,8,12H,6-7H2,1H3,(H,14,17)(H,15,16)/t8-,12-/m1/s1. The van der Waals surface area contributed by atoms with E-state index in [1.165, 1.54) is 0 Å². The molecule has 0 radical (unpaired) electrons. The zero-order chi connectivity index (χ0) is 13.1. The predicted molar refractivity (Wildman–Crippen MR) is 64.5 cm³/mol. The zero-order valence-corrected chi connectivity index (χ0v) is 10.1. The molecule has 0 fully saturated rings. The minimum absolute atomic E-state index is 0.0222. The van der Waals surface area contributed by atoms with Crippen LogP contribution in [0.3, 0.4) is 0 Å². The summed E-state index contributed by atoms with van der Waals surface area (Å²) in [4.78, 5) is 22.2. The molecule has 1 aliphatic rings. The summed E-state index contributed by atoms with van der Waals surface area (Å²) in [6.07, 6.45) is -0.657. The van der Waals surface area contributed by atoms with Crippen molar-refractivity contribution < 1.29 is 19.4 Å². The number of aliphatic carboxylic acids is 1. The molecule has 0 aliphatic carbocycles. The fraction of sp³-hybridized carbons (Fsp3) is 0.385. The van der Waals surface area contributed by atoms with Crippen LogP contribution in [0.4, 0.5) is 0 Å². The number of amides is 1. The molecular weight excluding hydrogens is 234 g/mol. The molecule has 2 rings (SSSR count). The lowest BCUT2D eigenvalue weighted by Gasteiger charge is -2.14. The Balaban J connectivity index is 1.96. The van der Waals surface area contributed by atoms with Gasteiger partial charge in [-0.15, -0.1) is 0 Å². The first kappa shape index (κ1) is 12.4. The van der Waals surface area contributed by atoms with E-state index in [-0.39, 0.29) is 24.8 Å². The van der Waals surface area contributed by atoms with Crippen LogP contribution in [0.2, 0.25) is 0 Å². The maximum absolute atomic E-state index is 11.9. The van der Waals surface area contributed by atoms with Crippen LogP contribution in [-0.4, -0.2) is 29.6 Å². The third-order valence-corrected chi connectivity index (χ3v) is 3.01. The minimum Gasteiger partial charge on any atom is -0.481 e. The van der Waals surface area contributed by atoms with Crippen molar-refractivity contribution in [2.24, 2.45) is 0 Å². The molecule has 0 saturated heterocycles. The van der Waals surface area contributed by atoms with Crippen LogP contribution in [0, 0.1) is 0 Å². The maximum Gasteiger partial charge on any atom is 0.305 e. The number of hydrogen-bond acceptors (Lipinski definition) is 3. The summed E-state index contributed by atoms with van der Waals surface area (Å²) in [7, 11) is 0. The van der Waals surface area contributed by atoms with Crippen molar-refractivity contribution in [1.29, 1.82) is 0 Å². The fourth-order valence-electron chi connectivity index (χ4n) is 2.04. The van der Waals surface area contributed by atoms with Gasteiger partial charge in [0, 0.05) is 18.0 Å². The average Bonchev–Trinajstić information content (AvgIpc) is 2.67. The Morgan fingerprint density at radius 1 is 1.39 bits per heavy atom. The first-order valence-corrected chi connectivity index (χ1v) is 5.84. The molecule has 2 N–H and O–H groups in total. The number of benzene rings is 1. The SMILES string of the molecule is C[C@@H]1c2ccccc2O[C@H]1C(=O)NCCC(=O)O. The third-order valence-electron chi connectivity index (χ3n) is 3.01. The Morgan fingerprint density at radius 2 is 2.11 bits per heavy atom. The Bertz CT molecular complexity index is 472. The second kappa shape index (κ2) is 5.08. The van der Waals surface area contributed by atoms with Crippen molar-refractivity contribution in [3.05, 3.63) is 29.8 Å². The number of hydrogen-bond donors (Lipinski definition) is 2. The summed E-state index contributed by atoms with van der Waals surface area (Å²) >= 11 is 0. The van der Waals surface area contributed by atoms with Gasteiger partial charge in [0.2, 0.25) is 0 Å². The van der Waals surface area contributed by atoms with Crippen LogP contribution in [0.15, 0.2) is 24.3 Å². The quantitative estimate of drug-likeness (QED) is 0.839. The molecular formula is C13H15NO4. The fourth-order valence-corrected chi connectivity index (χ4v) is 2.04. The topological polar surface area (TPSA) is 75.6 Å². The smallest absolute Gasteiger partial charge is 0.305 e. The Morgan fingerprint density at radius 3 is 2.78 bits per heavy atom. The summed E-state index contributed by atoms with van der Waals surface area (Å²) < 4.78 is 5.58. The zero-order valence-electron chi connectivity index (χ0n) is 10.1. The minimum atomic E-state index is -0.932. The van der Waals surface area contributed by atoms with E-state index in [9.17, 15) is 9.59 Å². The van der Waals surface area contributed by atoms with E-state index >= 15 is 0 Å². The number of carboxylic acid groups (broad SMARTS) is 1. The lowest BCUT2D eigenvalue weighted by molar-refractivity contribution is -0.137. The van der Waals surface area contributed by atoms with Gasteiger partial charge in [-0.2, -0.15) is 0 Å². The first-order chi connectivity index (χ1) is 8.59. The number of ether oxygens (including phenoxy) is 1. The van der Waals surface area contributed by atoms with Gasteiger partial charge < -0.3 is 15.2 Å². The molecule has 0 unspecified atom stereocenters. The highest BCUT2D eigenvalue weighted by Gasteiger charge is 2.35. The molecule has 0 bridgehead atoms. The van der Waals surface area contributed by atoms with Gasteiger partial charge in [0.25, 0.3) is 5.91 Å². The predicted octanol–water partition coefficient (Wildman–Crippen LogP) is 1.14. The van der Waals surface area contributed by atoms with Crippen molar-refractivity contribution in [1.82, 2.24) is 5.32 Å². The summed E-state index contributed by atoms with van der Waals surface area (Å²) in [5, 5.41) is 11.1. The Labute approximate surface area is 105 Å². The lowest BCUT2D eigenvalue weighted by atomic mass is 9.97. The molecule has 1 amide bonds. The van der Waals surface area contributed by atoms with Crippen molar-refractivity contribution in [3.8, 4) is 5.75 Å². The van der Waals surface area contributed by atoms with Crippen LogP contribution < -0.4 is 10.1 Å². The molecule has 1 aliphatic heterocycles. The number of nitrogens with one attached hydrogen (secondary N) is 1. The van der Waals surface area contributed by atoms with Crippen molar-refractivity contribution in [2.75, 3.05) is 6.54 Å². The summed E-state index contributed by atoms with van der Waals surface area (Å²) in [6, 6.07) is 7.53. The normalized spacial score (nSPS) is 20.9. The van der Waals surface area contributed by atoms with Crippen LogP contribution >= 0.6 is 0 Å². The van der Waals surface area contributed by atoms with E-state index in [1.54, 1.807) is 0 Å². The second-order valence-electron chi connectivity index (χ2n) is 4.30. The summed E-state index contributed by atoms with van der Waals surface area (Å²) in [6.45, 7) is 2.05. The highest BCUT2D eigenvalue weighted by molar-refractivity contribution is 5.83. The van der Waals surface area contributed by atoms with Crippen LogP contribution in [0.5, 0.6) is 5.75 Å². The van der Waals surface area contributed by atoms with E-state index in [0.29, 0.717) is 0 Å². The van der Waals surface area contributed by atoms with Crippen molar-refractivity contribution in [2.45, 2.75) is 25.4 Å². The highest BCUT2D eigenvalue weighted by Crippen LogP contribution is 2.37. The molecule has 1 heterocycles. The molecule has 0 spiro atoms. The summed E-state index contributed by atoms with van der Waals surface area (Å²) in [5.74, 6) is -0.492. The number of carboxylic acids is 1. The molecule has 1 aromatic rings. The molecule has 0 aromatic heterocycles. The van der Waals surface area contributed by atoms with Gasteiger partial charge in [-0.25, -0.2) is 0 Å². The maximum atomic E-state index is 11.9. The Hall–Kier alpha value is -2.04. The van der Waals surface area contributed by atoms with Gasteiger partial charge in [-0.3, -0.25) is 9.59 Å². The number of rotatable bonds is 4. The number of carbonyl (C=O) groups is 2. The van der Waals surface area contributed by atoms with Gasteiger partial charge >= 0.3 is 5.97 Å². The monoisotopic (exact) mass is 249 g/mol. The second-order valence-corrected chi connectivity index (χ2v) is 4.30. The van der Waals surface area contributed by atoms with Crippen LogP contribution in [-0.2, 0) is 9.59 Å². The first-order valence-electron chi connectivity index (χ1n) is 5.84. The van der Waals surface area contributed by atoms with Gasteiger partial charge in [0.15, 0.2) is 6.10 Å². The van der Waals surface area contributed by atoms with E-state index in [2.05, 4.69) is 5.32 Å². The lowest BCUT2D eigenvalue weighted by Crippen LogP contribution is -2.39. The molecule has 5 heteroatoms. The number of carbonyl (C=O) groups excluding carboxylic acids is 1. The van der Waals surface area contributed by atoms with E-state index < -0.39 is 12.1 Å². The molecule has 96 valence electrons. The molecule has 2 atom stereocenters. The van der Waals surface area contributed by atoms with E-state index in [1.807, 2.05) is 31.2 Å². The van der Waals surface area contributed by atoms with Crippen molar-refractivity contribution in [3.63, 3.8) is 0 Å². The summed E-state index contributed by atoms with van der Waals surface area (Å²) in [5.41, 5.74) is 1.01. The molecule has 5 nitrogen and oxygen atoms in total. The average molecular weight is 249 g/mol. The van der Waals surface area contributed by atoms with Gasteiger partial charge in [0.1, 0.15) is 5.75 Å². The van der Waals surface area contributed by atoms with Crippen LogP contribution in [0.1, 0.15) is 24.8 Å². The molecule has 18 heavy (non-hydrogen) atoms. The van der Waals surface area contributed by atoms with Gasteiger partial charge in [-0.05, 0) is 6.07 Å². The largest absolute Gasteiger partial charge is 0.481 e.